The zero-order valence-electron chi connectivity index (χ0n) is 14.7. The number of aryl methyl sites for hydroxylation is 1. The van der Waals surface area contributed by atoms with Gasteiger partial charge in [0.05, 0.1) is 13.2 Å². The van der Waals surface area contributed by atoms with E-state index in [1.165, 1.54) is 12.1 Å². The topological polar surface area (TPSA) is 59.9 Å². The first kappa shape index (κ1) is 17.3. The molecule has 5 nitrogen and oxygen atoms in total. The summed E-state index contributed by atoms with van der Waals surface area (Å²) in [4.78, 5) is 16.6. The molecule has 2 aromatic carbocycles. The quantitative estimate of drug-likeness (QED) is 0.843. The van der Waals surface area contributed by atoms with Crippen LogP contribution in [0, 0.1) is 5.82 Å². The van der Waals surface area contributed by atoms with Crippen molar-refractivity contribution in [3.63, 3.8) is 0 Å². The van der Waals surface area contributed by atoms with Gasteiger partial charge in [0.2, 0.25) is 0 Å². The molecule has 2 aromatic rings. The van der Waals surface area contributed by atoms with Gasteiger partial charge in [-0.3, -0.25) is 4.79 Å². The Bertz CT molecular complexity index is 920. The van der Waals surface area contributed by atoms with Crippen molar-refractivity contribution in [3.05, 3.63) is 65.1 Å². The van der Waals surface area contributed by atoms with E-state index in [-0.39, 0.29) is 11.7 Å². The fourth-order valence-electron chi connectivity index (χ4n) is 2.98. The molecule has 0 aromatic heterocycles. The number of amidine groups is 1. The average molecular weight is 366 g/mol. The van der Waals surface area contributed by atoms with Crippen LogP contribution >= 0.6 is 0 Å². The van der Waals surface area contributed by atoms with E-state index in [9.17, 15) is 9.18 Å². The van der Waals surface area contributed by atoms with Crippen LogP contribution in [0.2, 0.25) is 0 Å². The molecule has 0 bridgehead atoms. The molecule has 2 aliphatic heterocycles. The molecule has 0 radical (unpaired) electrons. The number of aliphatic imine (C=N–C) groups is 1. The van der Waals surface area contributed by atoms with E-state index in [0.717, 1.165) is 17.5 Å². The SMILES string of the molecule is O=C1NC(CCc2ccc(F)cc2)=N/C1=C/c1ccc2c(c1)OCCCO2. The molecule has 138 valence electrons. The lowest BCUT2D eigenvalue weighted by atomic mass is 10.1. The maximum atomic E-state index is 13.0. The zero-order valence-corrected chi connectivity index (χ0v) is 14.7. The molecule has 1 N–H and O–H groups in total. The van der Waals surface area contributed by atoms with E-state index in [4.69, 9.17) is 9.47 Å². The number of carbonyl (C=O) groups is 1. The van der Waals surface area contributed by atoms with Gasteiger partial charge in [-0.1, -0.05) is 18.2 Å². The number of hydrogen-bond acceptors (Lipinski definition) is 4. The lowest BCUT2D eigenvalue weighted by Gasteiger charge is -2.07. The number of nitrogens with one attached hydrogen (secondary N) is 1. The van der Waals surface area contributed by atoms with Gasteiger partial charge in [0, 0.05) is 12.8 Å². The summed E-state index contributed by atoms with van der Waals surface area (Å²) in [7, 11) is 0. The van der Waals surface area contributed by atoms with E-state index in [1.54, 1.807) is 18.2 Å². The highest BCUT2D eigenvalue weighted by atomic mass is 19.1. The van der Waals surface area contributed by atoms with Crippen LogP contribution in [0.1, 0.15) is 24.0 Å². The number of benzene rings is 2. The van der Waals surface area contributed by atoms with Crippen LogP contribution in [0.25, 0.3) is 6.08 Å². The molecule has 0 spiro atoms. The second kappa shape index (κ2) is 7.61. The Morgan fingerprint density at radius 1 is 1.04 bits per heavy atom. The second-order valence-electron chi connectivity index (χ2n) is 6.43. The smallest absolute Gasteiger partial charge is 0.275 e. The minimum Gasteiger partial charge on any atom is -0.490 e. The summed E-state index contributed by atoms with van der Waals surface area (Å²) in [5, 5.41) is 2.79. The Kier molecular flexibility index (Phi) is 4.87. The first-order chi connectivity index (χ1) is 13.2. The molecule has 2 heterocycles. The first-order valence-electron chi connectivity index (χ1n) is 8.92. The van der Waals surface area contributed by atoms with Crippen LogP contribution in [0.5, 0.6) is 11.5 Å². The van der Waals surface area contributed by atoms with Crippen molar-refractivity contribution in [2.75, 3.05) is 13.2 Å². The molecule has 0 saturated heterocycles. The van der Waals surface area contributed by atoms with Crippen LogP contribution in [-0.4, -0.2) is 25.0 Å². The monoisotopic (exact) mass is 366 g/mol. The van der Waals surface area contributed by atoms with Crippen molar-refractivity contribution in [3.8, 4) is 11.5 Å². The van der Waals surface area contributed by atoms with E-state index in [1.807, 2.05) is 18.2 Å². The Morgan fingerprint density at radius 3 is 2.63 bits per heavy atom. The lowest BCUT2D eigenvalue weighted by molar-refractivity contribution is -0.115. The van der Waals surface area contributed by atoms with Crippen LogP contribution in [0.3, 0.4) is 0 Å². The third-order valence-corrected chi connectivity index (χ3v) is 4.38. The molecule has 0 atom stereocenters. The van der Waals surface area contributed by atoms with Crippen molar-refractivity contribution in [2.24, 2.45) is 4.99 Å². The fourth-order valence-corrected chi connectivity index (χ4v) is 2.98. The summed E-state index contributed by atoms with van der Waals surface area (Å²) >= 11 is 0. The van der Waals surface area contributed by atoms with E-state index in [0.29, 0.717) is 49.1 Å². The first-order valence-corrected chi connectivity index (χ1v) is 8.92. The number of carbonyl (C=O) groups excluding carboxylic acids is 1. The van der Waals surface area contributed by atoms with Crippen molar-refractivity contribution < 1.29 is 18.7 Å². The molecule has 27 heavy (non-hydrogen) atoms. The van der Waals surface area contributed by atoms with Gasteiger partial charge < -0.3 is 14.8 Å². The van der Waals surface area contributed by atoms with Gasteiger partial charge in [0.25, 0.3) is 5.91 Å². The van der Waals surface area contributed by atoms with Crippen molar-refractivity contribution >= 4 is 17.8 Å². The van der Waals surface area contributed by atoms with Crippen molar-refractivity contribution in [2.45, 2.75) is 19.3 Å². The lowest BCUT2D eigenvalue weighted by Crippen LogP contribution is -2.24. The molecule has 0 saturated carbocycles. The van der Waals surface area contributed by atoms with Gasteiger partial charge in [-0.2, -0.15) is 0 Å². The van der Waals surface area contributed by atoms with Crippen LogP contribution in [0.15, 0.2) is 53.2 Å². The summed E-state index contributed by atoms with van der Waals surface area (Å²) in [5.74, 6) is 1.53. The van der Waals surface area contributed by atoms with E-state index >= 15 is 0 Å². The Morgan fingerprint density at radius 2 is 1.81 bits per heavy atom. The summed E-state index contributed by atoms with van der Waals surface area (Å²) < 4.78 is 24.3. The Labute approximate surface area is 156 Å². The largest absolute Gasteiger partial charge is 0.490 e. The minimum atomic E-state index is -0.259. The standard InChI is InChI=1S/C21H19FN2O3/c22-16-6-2-14(3-7-16)5-9-20-23-17(21(25)24-20)12-15-4-8-18-19(13-15)27-11-1-10-26-18/h2-4,6-8,12-13H,1,5,9-11H2,(H,23,24,25)/b17-12+. The second-order valence-corrected chi connectivity index (χ2v) is 6.43. The van der Waals surface area contributed by atoms with Gasteiger partial charge in [-0.25, -0.2) is 9.38 Å². The van der Waals surface area contributed by atoms with Crippen molar-refractivity contribution in [1.82, 2.24) is 5.32 Å². The summed E-state index contributed by atoms with van der Waals surface area (Å²) in [5.41, 5.74) is 2.18. The third-order valence-electron chi connectivity index (χ3n) is 4.38. The Balaban J connectivity index is 1.47. The Hall–Kier alpha value is -3.15. The van der Waals surface area contributed by atoms with E-state index in [2.05, 4.69) is 10.3 Å². The number of nitrogens with zero attached hydrogens (tertiary/aromatic N) is 1. The third kappa shape index (κ3) is 4.16. The van der Waals surface area contributed by atoms with Gasteiger partial charge >= 0.3 is 0 Å². The molecule has 2 aliphatic rings. The number of ether oxygens (including phenoxy) is 2. The molecular formula is C21H19FN2O3. The summed E-state index contributed by atoms with van der Waals surface area (Å²) in [6.07, 6.45) is 3.83. The number of rotatable bonds is 4. The number of fused-ring (bicyclic) bond motifs is 1. The van der Waals surface area contributed by atoms with Crippen LogP contribution in [0.4, 0.5) is 4.39 Å². The normalized spacial score (nSPS) is 17.4. The summed E-state index contributed by atoms with van der Waals surface area (Å²) in [6.45, 7) is 1.25. The molecule has 0 fully saturated rings. The number of hydrogen-bond donors (Lipinski definition) is 1. The number of amides is 1. The molecular weight excluding hydrogens is 347 g/mol. The molecule has 6 heteroatoms. The average Bonchev–Trinajstić information content (AvgIpc) is 2.87. The molecule has 0 unspecified atom stereocenters. The van der Waals surface area contributed by atoms with Crippen LogP contribution < -0.4 is 14.8 Å². The predicted octanol–water partition coefficient (Wildman–Crippen LogP) is 3.49. The van der Waals surface area contributed by atoms with Gasteiger partial charge in [-0.05, 0) is 47.9 Å². The van der Waals surface area contributed by atoms with Crippen LogP contribution in [-0.2, 0) is 11.2 Å². The molecule has 4 rings (SSSR count). The van der Waals surface area contributed by atoms with Gasteiger partial charge in [0.1, 0.15) is 17.3 Å². The highest BCUT2D eigenvalue weighted by Gasteiger charge is 2.20. The summed E-state index contributed by atoms with van der Waals surface area (Å²) in [6, 6.07) is 11.9. The minimum absolute atomic E-state index is 0.226. The van der Waals surface area contributed by atoms with Crippen molar-refractivity contribution in [1.29, 1.82) is 0 Å². The zero-order chi connectivity index (χ0) is 18.6. The molecule has 1 amide bonds. The maximum absolute atomic E-state index is 13.0. The molecule has 0 aliphatic carbocycles. The predicted molar refractivity (Wildman–Crippen MR) is 100 cm³/mol. The highest BCUT2D eigenvalue weighted by Crippen LogP contribution is 2.31. The van der Waals surface area contributed by atoms with E-state index < -0.39 is 0 Å². The van der Waals surface area contributed by atoms with Gasteiger partial charge in [0.15, 0.2) is 11.5 Å². The fraction of sp³-hybridized carbons (Fsp3) is 0.238. The number of halogens is 1. The highest BCUT2D eigenvalue weighted by molar-refractivity contribution is 6.14. The maximum Gasteiger partial charge on any atom is 0.275 e. The van der Waals surface area contributed by atoms with Gasteiger partial charge in [-0.15, -0.1) is 0 Å².